The Balaban J connectivity index is 1.84. The fourth-order valence-corrected chi connectivity index (χ4v) is 2.47. The largest absolute Gasteiger partial charge is 0.454 e. The van der Waals surface area contributed by atoms with Crippen molar-refractivity contribution in [2.75, 3.05) is 13.7 Å². The molecule has 0 spiro atoms. The van der Waals surface area contributed by atoms with Crippen LogP contribution in [0.4, 0.5) is 10.1 Å². The van der Waals surface area contributed by atoms with E-state index in [-0.39, 0.29) is 17.8 Å². The van der Waals surface area contributed by atoms with Crippen molar-refractivity contribution in [1.29, 1.82) is 0 Å². The molecule has 1 unspecified atom stereocenters. The zero-order valence-corrected chi connectivity index (χ0v) is 16.3. The molecule has 2 aromatic carbocycles. The van der Waals surface area contributed by atoms with Crippen molar-refractivity contribution in [3.05, 3.63) is 75.6 Å². The molecule has 0 fully saturated rings. The molecule has 1 N–H and O–H groups in total. The van der Waals surface area contributed by atoms with Crippen LogP contribution < -0.4 is 5.32 Å². The number of non-ortho nitro benzene ring substituents is 1. The Hall–Kier alpha value is -3.82. The Labute approximate surface area is 171 Å². The Morgan fingerprint density at radius 2 is 1.90 bits per heavy atom. The summed E-state index contributed by atoms with van der Waals surface area (Å²) in [5.41, 5.74) is 0.328. The maximum atomic E-state index is 13.2. The van der Waals surface area contributed by atoms with E-state index in [0.29, 0.717) is 5.56 Å². The van der Waals surface area contributed by atoms with Crippen LogP contribution in [0.2, 0.25) is 0 Å². The minimum absolute atomic E-state index is 0.00903. The van der Waals surface area contributed by atoms with Gasteiger partial charge in [0.25, 0.3) is 17.5 Å². The molecule has 2 aromatic rings. The van der Waals surface area contributed by atoms with Gasteiger partial charge < -0.3 is 15.0 Å². The highest BCUT2D eigenvalue weighted by atomic mass is 19.1. The van der Waals surface area contributed by atoms with E-state index >= 15 is 0 Å². The van der Waals surface area contributed by atoms with Crippen LogP contribution in [0.5, 0.6) is 0 Å². The lowest BCUT2D eigenvalue weighted by molar-refractivity contribution is -0.384. The minimum Gasteiger partial charge on any atom is -0.454 e. The normalized spacial score (nSPS) is 11.3. The molecule has 2 amide bonds. The summed E-state index contributed by atoms with van der Waals surface area (Å²) in [5, 5.41) is 13.1. The van der Waals surface area contributed by atoms with E-state index in [9.17, 15) is 28.9 Å². The van der Waals surface area contributed by atoms with Gasteiger partial charge in [0.1, 0.15) is 11.9 Å². The molecule has 1 atom stereocenters. The molecule has 0 aliphatic heterocycles. The van der Waals surface area contributed by atoms with Crippen LogP contribution in [0.1, 0.15) is 22.8 Å². The molecule has 0 saturated carbocycles. The molecule has 158 valence electrons. The lowest BCUT2D eigenvalue weighted by atomic mass is 10.2. The summed E-state index contributed by atoms with van der Waals surface area (Å²) in [6.07, 6.45) is 0. The van der Waals surface area contributed by atoms with Crippen molar-refractivity contribution >= 4 is 23.5 Å². The number of esters is 1. The Bertz CT molecular complexity index is 965. The van der Waals surface area contributed by atoms with Crippen LogP contribution in [0.3, 0.4) is 0 Å². The predicted molar refractivity (Wildman–Crippen MR) is 104 cm³/mol. The van der Waals surface area contributed by atoms with Gasteiger partial charge in [-0.2, -0.15) is 0 Å². The monoisotopic (exact) mass is 417 g/mol. The number of carbonyl (C=O) groups excluding carboxylic acids is 3. The number of nitrogens with zero attached hydrogens (tertiary/aromatic N) is 2. The molecule has 0 aliphatic carbocycles. The smallest absolute Gasteiger partial charge is 0.328 e. The fraction of sp³-hybridized carbons (Fsp3) is 0.250. The van der Waals surface area contributed by atoms with Crippen molar-refractivity contribution in [1.82, 2.24) is 10.2 Å². The van der Waals surface area contributed by atoms with E-state index in [1.165, 1.54) is 55.3 Å². The van der Waals surface area contributed by atoms with Gasteiger partial charge in [-0.25, -0.2) is 9.18 Å². The standard InChI is InChI=1S/C20H20FN3O6/c1-13(22-19(26)15-6-4-8-17(10-15)24(28)29)20(27)30-12-18(25)23(2)11-14-5-3-7-16(21)9-14/h3-10,13H,11-12H2,1-2H3,(H,22,26). The molecule has 0 bridgehead atoms. The number of rotatable bonds is 8. The van der Waals surface area contributed by atoms with Gasteiger partial charge in [-0.05, 0) is 30.7 Å². The molecule has 2 rings (SSSR count). The van der Waals surface area contributed by atoms with E-state index in [4.69, 9.17) is 4.74 Å². The Morgan fingerprint density at radius 3 is 2.57 bits per heavy atom. The highest BCUT2D eigenvalue weighted by Gasteiger charge is 2.21. The van der Waals surface area contributed by atoms with Crippen LogP contribution in [0, 0.1) is 15.9 Å². The number of hydrogen-bond donors (Lipinski definition) is 1. The predicted octanol–water partition coefficient (Wildman–Crippen LogP) is 2.05. The van der Waals surface area contributed by atoms with Gasteiger partial charge in [-0.1, -0.05) is 18.2 Å². The van der Waals surface area contributed by atoms with Crippen LogP contribution in [-0.2, 0) is 20.9 Å². The number of nitrogens with one attached hydrogen (secondary N) is 1. The van der Waals surface area contributed by atoms with Crippen LogP contribution >= 0.6 is 0 Å². The number of amides is 2. The molecule has 10 heteroatoms. The summed E-state index contributed by atoms with van der Waals surface area (Å²) in [5.74, 6) is -2.48. The highest BCUT2D eigenvalue weighted by Crippen LogP contribution is 2.13. The third kappa shape index (κ3) is 6.36. The summed E-state index contributed by atoms with van der Waals surface area (Å²) in [4.78, 5) is 47.7. The van der Waals surface area contributed by atoms with Gasteiger partial charge in [0, 0.05) is 31.3 Å². The number of benzene rings is 2. The lowest BCUT2D eigenvalue weighted by Crippen LogP contribution is -2.41. The molecule has 0 aliphatic rings. The molecule has 0 heterocycles. The second-order valence-corrected chi connectivity index (χ2v) is 6.49. The summed E-state index contributed by atoms with van der Waals surface area (Å²) in [7, 11) is 1.48. The summed E-state index contributed by atoms with van der Waals surface area (Å²) >= 11 is 0. The van der Waals surface area contributed by atoms with Crippen molar-refractivity contribution < 1.29 is 28.4 Å². The number of likely N-dealkylation sites (N-methyl/N-ethyl adjacent to an activating group) is 1. The number of nitro groups is 1. The first kappa shape index (κ1) is 22.5. The number of nitro benzene ring substituents is 1. The van der Waals surface area contributed by atoms with Crippen LogP contribution in [0.25, 0.3) is 0 Å². The number of carbonyl (C=O) groups is 3. The van der Waals surface area contributed by atoms with Gasteiger partial charge >= 0.3 is 5.97 Å². The van der Waals surface area contributed by atoms with Gasteiger partial charge in [-0.3, -0.25) is 19.7 Å². The molecular formula is C20H20FN3O6. The first-order chi connectivity index (χ1) is 14.2. The number of ether oxygens (including phenoxy) is 1. The Kier molecular flexibility index (Phi) is 7.56. The van der Waals surface area contributed by atoms with E-state index in [0.717, 1.165) is 6.07 Å². The third-order valence-electron chi connectivity index (χ3n) is 4.09. The minimum atomic E-state index is -1.09. The second kappa shape index (κ2) is 10.1. The van der Waals surface area contributed by atoms with E-state index < -0.39 is 41.2 Å². The highest BCUT2D eigenvalue weighted by molar-refractivity contribution is 5.97. The van der Waals surface area contributed by atoms with Gasteiger partial charge in [-0.15, -0.1) is 0 Å². The molecular weight excluding hydrogens is 397 g/mol. The van der Waals surface area contributed by atoms with Gasteiger partial charge in [0.15, 0.2) is 6.61 Å². The van der Waals surface area contributed by atoms with Crippen LogP contribution in [-0.4, -0.2) is 47.3 Å². The lowest BCUT2D eigenvalue weighted by Gasteiger charge is -2.18. The first-order valence-corrected chi connectivity index (χ1v) is 8.87. The fourth-order valence-electron chi connectivity index (χ4n) is 2.47. The van der Waals surface area contributed by atoms with Crippen molar-refractivity contribution in [2.24, 2.45) is 0 Å². The maximum absolute atomic E-state index is 13.2. The quantitative estimate of drug-likeness (QED) is 0.399. The van der Waals surface area contributed by atoms with E-state index in [1.54, 1.807) is 6.07 Å². The zero-order valence-electron chi connectivity index (χ0n) is 16.3. The molecule has 0 aromatic heterocycles. The zero-order chi connectivity index (χ0) is 22.3. The molecule has 0 radical (unpaired) electrons. The molecule has 9 nitrogen and oxygen atoms in total. The van der Waals surface area contributed by atoms with Crippen molar-refractivity contribution in [2.45, 2.75) is 19.5 Å². The molecule has 0 saturated heterocycles. The topological polar surface area (TPSA) is 119 Å². The van der Waals surface area contributed by atoms with Gasteiger partial charge in [0.2, 0.25) is 0 Å². The van der Waals surface area contributed by atoms with Crippen LogP contribution in [0.15, 0.2) is 48.5 Å². The van der Waals surface area contributed by atoms with Gasteiger partial charge in [0.05, 0.1) is 4.92 Å². The number of hydrogen-bond acceptors (Lipinski definition) is 6. The van der Waals surface area contributed by atoms with E-state index in [1.807, 2.05) is 0 Å². The summed E-state index contributed by atoms with van der Waals surface area (Å²) in [6, 6.07) is 9.71. The molecule has 30 heavy (non-hydrogen) atoms. The average Bonchev–Trinajstić information content (AvgIpc) is 2.71. The Morgan fingerprint density at radius 1 is 1.20 bits per heavy atom. The summed E-state index contributed by atoms with van der Waals surface area (Å²) in [6.45, 7) is 0.938. The summed E-state index contributed by atoms with van der Waals surface area (Å²) < 4.78 is 18.1. The third-order valence-corrected chi connectivity index (χ3v) is 4.09. The number of halogens is 1. The van der Waals surface area contributed by atoms with E-state index in [2.05, 4.69) is 5.32 Å². The van der Waals surface area contributed by atoms with Crippen molar-refractivity contribution in [3.8, 4) is 0 Å². The second-order valence-electron chi connectivity index (χ2n) is 6.49. The average molecular weight is 417 g/mol. The SMILES string of the molecule is CC(NC(=O)c1cccc([N+](=O)[O-])c1)C(=O)OCC(=O)N(C)Cc1cccc(F)c1. The first-order valence-electron chi connectivity index (χ1n) is 8.87. The maximum Gasteiger partial charge on any atom is 0.328 e. The van der Waals surface area contributed by atoms with Crippen molar-refractivity contribution in [3.63, 3.8) is 0 Å².